The second-order valence-corrected chi connectivity index (χ2v) is 23.5. The Bertz CT molecular complexity index is 3950. The van der Waals surface area contributed by atoms with E-state index in [1.807, 2.05) is 0 Å². The van der Waals surface area contributed by atoms with Gasteiger partial charge in [-0.3, -0.25) is 0 Å². The molecule has 0 N–H and O–H groups in total. The van der Waals surface area contributed by atoms with E-state index in [2.05, 4.69) is 289 Å². The molecule has 2 aliphatic carbocycles. The molecule has 1 spiro atoms. The van der Waals surface area contributed by atoms with Crippen LogP contribution in [0.15, 0.2) is 254 Å². The molecule has 0 amide bonds. The summed E-state index contributed by atoms with van der Waals surface area (Å²) >= 11 is 0. The lowest BCUT2D eigenvalue weighted by atomic mass is 9.63. The van der Waals surface area contributed by atoms with Gasteiger partial charge in [-0.1, -0.05) is 248 Å². The quantitative estimate of drug-likeness (QED) is 0.166. The van der Waals surface area contributed by atoms with Gasteiger partial charge in [0.05, 0.1) is 16.9 Å². The average molecular weight is 996 g/mol. The van der Waals surface area contributed by atoms with Gasteiger partial charge in [0, 0.05) is 39.2 Å². The van der Waals surface area contributed by atoms with E-state index in [0.29, 0.717) is 6.42 Å². The van der Waals surface area contributed by atoms with Crippen molar-refractivity contribution >= 4 is 22.1 Å². The summed E-state index contributed by atoms with van der Waals surface area (Å²) in [7, 11) is 0. The fourth-order valence-corrected chi connectivity index (χ4v) is 13.5. The van der Waals surface area contributed by atoms with Crippen molar-refractivity contribution in [3.05, 3.63) is 304 Å². The van der Waals surface area contributed by atoms with Gasteiger partial charge in [0.1, 0.15) is 23.0 Å². The normalized spacial score (nSPS) is 16.3. The predicted molar refractivity (Wildman–Crippen MR) is 317 cm³/mol. The summed E-state index contributed by atoms with van der Waals surface area (Å²) in [6.45, 7) is 14.0. The molecule has 1 unspecified atom stereocenters. The van der Waals surface area contributed by atoms with Crippen LogP contribution in [-0.4, -0.2) is 6.04 Å². The van der Waals surface area contributed by atoms with Crippen molar-refractivity contribution in [2.45, 2.75) is 75.7 Å². The summed E-state index contributed by atoms with van der Waals surface area (Å²) in [6, 6.07) is 85.1. The number of hydrogen-bond acceptors (Lipinski definition) is 3. The zero-order chi connectivity index (χ0) is 52.3. The number of benzene rings is 10. The Labute approximate surface area is 453 Å². The molecular formula is C74H61NO2. The third kappa shape index (κ3) is 7.02. The van der Waals surface area contributed by atoms with Crippen LogP contribution in [0.2, 0.25) is 0 Å². The topological polar surface area (TPSA) is 21.7 Å². The van der Waals surface area contributed by atoms with Crippen LogP contribution in [0, 0.1) is 0 Å². The number of para-hydroxylation sites is 3. The van der Waals surface area contributed by atoms with Crippen molar-refractivity contribution in [2.75, 3.05) is 4.90 Å². The van der Waals surface area contributed by atoms with E-state index < -0.39 is 10.8 Å². The third-order valence-corrected chi connectivity index (χ3v) is 17.1. The van der Waals surface area contributed by atoms with Gasteiger partial charge in [-0.05, 0) is 114 Å². The highest BCUT2D eigenvalue weighted by Crippen LogP contribution is 2.64. The zero-order valence-corrected chi connectivity index (χ0v) is 44.6. The number of rotatable bonds is 6. The summed E-state index contributed by atoms with van der Waals surface area (Å²) in [6.07, 6.45) is 5.53. The standard InChI is InChI=1S/C74H61NO2/c1-71(2,3)51-39-42-56-57-43-40-52(72(4,5)6)46-63(57)74(62(56)45-51)60-33-17-20-38-68(60)77-70-61(74)34-22-36-66(70)75(65-35-18-15-30-58(65)55-31-21-24-48-23-13-14-29-54(48)55)53-41-44-69-64(47-53)73(49-25-9-7-10-26-49,50-27-11-8-12-28-50)59-32-16-19-37-67(59)76-69/h7-35,37-47,66H,36H2,1-6H3. The van der Waals surface area contributed by atoms with E-state index in [-0.39, 0.29) is 16.9 Å². The summed E-state index contributed by atoms with van der Waals surface area (Å²) in [5.74, 6) is 3.53. The van der Waals surface area contributed by atoms with E-state index in [4.69, 9.17) is 9.47 Å². The molecule has 0 bridgehead atoms. The molecule has 0 radical (unpaired) electrons. The first kappa shape index (κ1) is 46.8. The van der Waals surface area contributed by atoms with Gasteiger partial charge >= 0.3 is 0 Å². The Morgan fingerprint density at radius 3 is 1.61 bits per heavy atom. The minimum Gasteiger partial charge on any atom is -0.459 e. The molecule has 0 saturated heterocycles. The Hall–Kier alpha value is -8.66. The minimum absolute atomic E-state index is 0.0814. The smallest absolute Gasteiger partial charge is 0.132 e. The van der Waals surface area contributed by atoms with Crippen LogP contribution in [0.3, 0.4) is 0 Å². The lowest BCUT2D eigenvalue weighted by Crippen LogP contribution is -2.43. The third-order valence-electron chi connectivity index (χ3n) is 17.1. The number of allylic oxidation sites excluding steroid dienone is 2. The van der Waals surface area contributed by atoms with Crippen LogP contribution < -0.4 is 14.4 Å². The second-order valence-electron chi connectivity index (χ2n) is 23.5. The van der Waals surface area contributed by atoms with Crippen molar-refractivity contribution in [2.24, 2.45) is 0 Å². The van der Waals surface area contributed by atoms with Crippen LogP contribution >= 0.6 is 0 Å². The van der Waals surface area contributed by atoms with Crippen LogP contribution in [0.5, 0.6) is 17.2 Å². The average Bonchev–Trinajstić information content (AvgIpc) is 3.96. The van der Waals surface area contributed by atoms with E-state index in [9.17, 15) is 0 Å². The maximum Gasteiger partial charge on any atom is 0.132 e. The van der Waals surface area contributed by atoms with Crippen LogP contribution in [0.1, 0.15) is 98.0 Å². The van der Waals surface area contributed by atoms with Gasteiger partial charge in [-0.25, -0.2) is 0 Å². The largest absolute Gasteiger partial charge is 0.459 e. The second kappa shape index (κ2) is 17.4. The molecule has 14 rings (SSSR count). The SMILES string of the molecule is CC(C)(C)c1ccc2c(c1)C1(C3=C(Oc4ccccc41)C(N(c1ccc4c(c1)C(c1ccccc1)(c1ccccc1)c1ccccc1O4)c1ccccc1-c1cccc4ccccc14)CC=C3)c1cc(C(C)(C)C)ccc1-2. The van der Waals surface area contributed by atoms with Gasteiger partial charge in [0.15, 0.2) is 0 Å². The lowest BCUT2D eigenvalue weighted by Gasteiger charge is -2.46. The van der Waals surface area contributed by atoms with Gasteiger partial charge in [0.2, 0.25) is 0 Å². The molecule has 4 aliphatic rings. The van der Waals surface area contributed by atoms with E-state index in [0.717, 1.165) is 51.1 Å². The molecule has 0 saturated carbocycles. The van der Waals surface area contributed by atoms with Crippen LogP contribution in [0.25, 0.3) is 33.0 Å². The highest BCUT2D eigenvalue weighted by atomic mass is 16.5. The first-order chi connectivity index (χ1) is 37.5. The minimum atomic E-state index is -0.725. The number of nitrogens with zero attached hydrogens (tertiary/aromatic N) is 1. The lowest BCUT2D eigenvalue weighted by molar-refractivity contribution is 0.343. The van der Waals surface area contributed by atoms with Crippen LogP contribution in [0.4, 0.5) is 11.4 Å². The first-order valence-corrected chi connectivity index (χ1v) is 27.3. The Morgan fingerprint density at radius 2 is 0.948 bits per heavy atom. The van der Waals surface area contributed by atoms with Crippen LogP contribution in [-0.2, 0) is 21.7 Å². The molecule has 10 aromatic carbocycles. The molecular weight excluding hydrogens is 935 g/mol. The van der Waals surface area contributed by atoms with Gasteiger partial charge in [-0.2, -0.15) is 0 Å². The van der Waals surface area contributed by atoms with Crippen molar-refractivity contribution in [3.8, 4) is 39.5 Å². The van der Waals surface area contributed by atoms with E-state index in [1.165, 1.54) is 72.0 Å². The predicted octanol–water partition coefficient (Wildman–Crippen LogP) is 18.7. The molecule has 2 aliphatic heterocycles. The molecule has 10 aromatic rings. The number of anilines is 2. The maximum absolute atomic E-state index is 7.70. The molecule has 3 heteroatoms. The van der Waals surface area contributed by atoms with Gasteiger partial charge in [-0.15, -0.1) is 0 Å². The Kier molecular flexibility index (Phi) is 10.6. The van der Waals surface area contributed by atoms with E-state index >= 15 is 0 Å². The van der Waals surface area contributed by atoms with Crippen molar-refractivity contribution in [1.29, 1.82) is 0 Å². The fraction of sp³-hybridized carbons (Fsp3) is 0.162. The first-order valence-electron chi connectivity index (χ1n) is 27.3. The number of ether oxygens (including phenoxy) is 2. The Morgan fingerprint density at radius 1 is 0.416 bits per heavy atom. The Balaban J connectivity index is 1.08. The van der Waals surface area contributed by atoms with Crippen molar-refractivity contribution < 1.29 is 9.47 Å². The summed E-state index contributed by atoms with van der Waals surface area (Å²) in [5.41, 5.74) is 17.5. The molecule has 1 atom stereocenters. The van der Waals surface area contributed by atoms with Crippen molar-refractivity contribution in [3.63, 3.8) is 0 Å². The molecule has 77 heavy (non-hydrogen) atoms. The summed E-state index contributed by atoms with van der Waals surface area (Å²) in [5, 5.41) is 2.41. The monoisotopic (exact) mass is 995 g/mol. The molecule has 3 nitrogen and oxygen atoms in total. The highest BCUT2D eigenvalue weighted by Gasteiger charge is 2.54. The zero-order valence-electron chi connectivity index (χ0n) is 44.6. The fourth-order valence-electron chi connectivity index (χ4n) is 13.5. The maximum atomic E-state index is 7.70. The number of fused-ring (bicyclic) bond motifs is 11. The highest BCUT2D eigenvalue weighted by molar-refractivity contribution is 6.01. The molecule has 0 aromatic heterocycles. The van der Waals surface area contributed by atoms with Crippen molar-refractivity contribution in [1.82, 2.24) is 0 Å². The molecule has 2 heterocycles. The summed E-state index contributed by atoms with van der Waals surface area (Å²) in [4.78, 5) is 2.60. The van der Waals surface area contributed by atoms with E-state index in [1.54, 1.807) is 0 Å². The number of hydrogen-bond donors (Lipinski definition) is 0. The van der Waals surface area contributed by atoms with Gasteiger partial charge < -0.3 is 14.4 Å². The molecule has 374 valence electrons. The molecule has 0 fully saturated rings. The van der Waals surface area contributed by atoms with Gasteiger partial charge in [0.25, 0.3) is 0 Å². The summed E-state index contributed by atoms with van der Waals surface area (Å²) < 4.78 is 14.8.